The van der Waals surface area contributed by atoms with Crippen molar-refractivity contribution >= 4 is 71.1 Å². The van der Waals surface area contributed by atoms with Gasteiger partial charge in [0.15, 0.2) is 5.69 Å². The van der Waals surface area contributed by atoms with Crippen LogP contribution in [0, 0.1) is 17.9 Å². The third-order valence-electron chi connectivity index (χ3n) is 11.1. The molecule has 0 radical (unpaired) electrons. The van der Waals surface area contributed by atoms with Gasteiger partial charge in [0.2, 0.25) is 0 Å². The first kappa shape index (κ1) is 30.7. The molecular weight excluding hydrogens is 671 g/mol. The van der Waals surface area contributed by atoms with Gasteiger partial charge in [0.25, 0.3) is 0 Å². The molecule has 0 atom stereocenters. The summed E-state index contributed by atoms with van der Waals surface area (Å²) in [6.45, 7) is 7.70. The van der Waals surface area contributed by atoms with Crippen LogP contribution in [0.3, 0.4) is 0 Å². The highest BCUT2D eigenvalue weighted by Gasteiger charge is 2.18. The molecule has 5 heteroatoms. The molecule has 0 N–H and O–H groups in total. The maximum atomic E-state index is 10.4. The Morgan fingerprint density at radius 1 is 0.400 bits per heavy atom. The van der Waals surface area contributed by atoms with Gasteiger partial charge in [0, 0.05) is 60.5 Å². The standard InChI is InChI=1S/C50H29N5/c1-52-34-22-25-42-40-15-4-9-20-48(40)55(49(42)28-34)36-23-21-33(31-51)44(29-36)32-11-10-12-35(27-32)54-47-19-8-5-16-41(47)43-26-24-37(30-50(43)54)53-45-17-6-2-13-38(45)39-14-3-7-18-46(39)53/h2-30H. The maximum absolute atomic E-state index is 10.4. The van der Waals surface area contributed by atoms with Crippen LogP contribution in [0.15, 0.2) is 176 Å². The normalized spacial score (nSPS) is 11.6. The van der Waals surface area contributed by atoms with Crippen molar-refractivity contribution in [1.29, 1.82) is 5.26 Å². The Balaban J connectivity index is 1.12. The van der Waals surface area contributed by atoms with Gasteiger partial charge in [-0.25, -0.2) is 4.85 Å². The fourth-order valence-electron chi connectivity index (χ4n) is 8.70. The maximum Gasteiger partial charge on any atom is 0.189 e. The van der Waals surface area contributed by atoms with Crippen LogP contribution in [0.4, 0.5) is 5.69 Å². The zero-order chi connectivity index (χ0) is 36.6. The molecule has 11 rings (SSSR count). The number of para-hydroxylation sites is 4. The molecule has 0 aliphatic rings. The number of aromatic nitrogens is 3. The second kappa shape index (κ2) is 11.8. The minimum atomic E-state index is 0.589. The van der Waals surface area contributed by atoms with Crippen LogP contribution in [0.1, 0.15) is 5.56 Å². The zero-order valence-electron chi connectivity index (χ0n) is 29.5. The summed E-state index contributed by atoms with van der Waals surface area (Å²) in [4.78, 5) is 3.73. The molecule has 0 bridgehead atoms. The van der Waals surface area contributed by atoms with E-state index in [1.807, 2.05) is 42.5 Å². The second-order valence-electron chi connectivity index (χ2n) is 14.0. The first-order valence-corrected chi connectivity index (χ1v) is 18.3. The lowest BCUT2D eigenvalue weighted by Crippen LogP contribution is -1.98. The van der Waals surface area contributed by atoms with Crippen LogP contribution in [-0.4, -0.2) is 13.7 Å². The van der Waals surface area contributed by atoms with Crippen LogP contribution in [0.2, 0.25) is 0 Å². The second-order valence-corrected chi connectivity index (χ2v) is 14.0. The van der Waals surface area contributed by atoms with E-state index < -0.39 is 0 Å². The lowest BCUT2D eigenvalue weighted by molar-refractivity contribution is 1.15. The predicted molar refractivity (Wildman–Crippen MR) is 226 cm³/mol. The van der Waals surface area contributed by atoms with E-state index in [0.717, 1.165) is 61.0 Å². The predicted octanol–water partition coefficient (Wildman–Crippen LogP) is 13.1. The first-order chi connectivity index (χ1) is 27.2. The van der Waals surface area contributed by atoms with Crippen LogP contribution in [0.5, 0.6) is 0 Å². The van der Waals surface area contributed by atoms with Crippen LogP contribution < -0.4 is 0 Å². The highest BCUT2D eigenvalue weighted by Crippen LogP contribution is 2.39. The minimum absolute atomic E-state index is 0.589. The van der Waals surface area contributed by atoms with Crippen LogP contribution in [0.25, 0.3) is 98.5 Å². The average molecular weight is 700 g/mol. The molecule has 3 heterocycles. The van der Waals surface area contributed by atoms with Crippen LogP contribution in [-0.2, 0) is 0 Å². The van der Waals surface area contributed by atoms with E-state index in [1.54, 1.807) is 0 Å². The molecule has 0 spiro atoms. The van der Waals surface area contributed by atoms with E-state index in [9.17, 15) is 5.26 Å². The molecule has 0 unspecified atom stereocenters. The smallest absolute Gasteiger partial charge is 0.189 e. The monoisotopic (exact) mass is 699 g/mol. The van der Waals surface area contributed by atoms with E-state index in [4.69, 9.17) is 6.57 Å². The Bertz CT molecular complexity index is 3420. The number of benzene rings is 8. The van der Waals surface area contributed by atoms with Crippen molar-refractivity contribution < 1.29 is 0 Å². The fourth-order valence-corrected chi connectivity index (χ4v) is 8.70. The molecule has 5 nitrogen and oxygen atoms in total. The van der Waals surface area contributed by atoms with E-state index in [1.165, 1.54) is 32.6 Å². The van der Waals surface area contributed by atoms with Gasteiger partial charge < -0.3 is 13.7 Å². The minimum Gasteiger partial charge on any atom is -0.310 e. The quantitative estimate of drug-likeness (QED) is 0.169. The van der Waals surface area contributed by atoms with Crippen molar-refractivity contribution in [3.05, 3.63) is 193 Å². The molecule has 0 aliphatic carbocycles. The lowest BCUT2D eigenvalue weighted by Gasteiger charge is -2.14. The van der Waals surface area contributed by atoms with Gasteiger partial charge >= 0.3 is 0 Å². The summed E-state index contributed by atoms with van der Waals surface area (Å²) in [5, 5.41) is 17.4. The highest BCUT2D eigenvalue weighted by molar-refractivity contribution is 6.12. The largest absolute Gasteiger partial charge is 0.310 e. The zero-order valence-corrected chi connectivity index (χ0v) is 29.5. The summed E-state index contributed by atoms with van der Waals surface area (Å²) in [5.74, 6) is 0. The van der Waals surface area contributed by atoms with Crippen molar-refractivity contribution in [3.63, 3.8) is 0 Å². The summed E-state index contributed by atoms with van der Waals surface area (Å²) < 4.78 is 6.92. The van der Waals surface area contributed by atoms with Crippen molar-refractivity contribution in [3.8, 4) is 34.3 Å². The highest BCUT2D eigenvalue weighted by atomic mass is 15.0. The third-order valence-corrected chi connectivity index (χ3v) is 11.1. The number of rotatable bonds is 4. The summed E-state index contributed by atoms with van der Waals surface area (Å²) >= 11 is 0. The Morgan fingerprint density at radius 2 is 0.855 bits per heavy atom. The first-order valence-electron chi connectivity index (χ1n) is 18.3. The number of nitriles is 1. The van der Waals surface area contributed by atoms with E-state index in [0.29, 0.717) is 11.3 Å². The van der Waals surface area contributed by atoms with Gasteiger partial charge in [-0.1, -0.05) is 103 Å². The number of hydrogen-bond acceptors (Lipinski definition) is 1. The third kappa shape index (κ3) is 4.51. The molecule has 0 saturated heterocycles. The average Bonchev–Trinajstić information content (AvgIpc) is 3.88. The molecular formula is C50H29N5. The van der Waals surface area contributed by atoms with Gasteiger partial charge in [-0.15, -0.1) is 0 Å². The summed E-state index contributed by atoms with van der Waals surface area (Å²) in [5.41, 5.74) is 12.6. The van der Waals surface area contributed by atoms with Gasteiger partial charge in [-0.3, -0.25) is 0 Å². The number of fused-ring (bicyclic) bond motifs is 9. The molecule has 0 aliphatic heterocycles. The van der Waals surface area contributed by atoms with Gasteiger partial charge in [-0.2, -0.15) is 5.26 Å². The van der Waals surface area contributed by atoms with Crippen molar-refractivity contribution in [2.45, 2.75) is 0 Å². The Morgan fingerprint density at radius 3 is 1.42 bits per heavy atom. The van der Waals surface area contributed by atoms with Gasteiger partial charge in [0.05, 0.1) is 45.8 Å². The molecule has 0 fully saturated rings. The fraction of sp³-hybridized carbons (Fsp3) is 0. The molecule has 11 aromatic rings. The summed E-state index contributed by atoms with van der Waals surface area (Å²) in [7, 11) is 0. The van der Waals surface area contributed by atoms with Crippen molar-refractivity contribution in [2.75, 3.05) is 0 Å². The molecule has 55 heavy (non-hydrogen) atoms. The molecule has 254 valence electrons. The Labute approximate surface area is 316 Å². The van der Waals surface area contributed by atoms with Crippen LogP contribution >= 0.6 is 0 Å². The molecule has 3 aromatic heterocycles. The van der Waals surface area contributed by atoms with Crippen molar-refractivity contribution in [1.82, 2.24) is 13.7 Å². The van der Waals surface area contributed by atoms with E-state index >= 15 is 0 Å². The molecule has 0 saturated carbocycles. The summed E-state index contributed by atoms with van der Waals surface area (Å²) in [6, 6.07) is 63.8. The van der Waals surface area contributed by atoms with E-state index in [2.05, 4.69) is 158 Å². The molecule has 8 aromatic carbocycles. The number of hydrogen-bond donors (Lipinski definition) is 0. The lowest BCUT2D eigenvalue weighted by atomic mass is 9.99. The van der Waals surface area contributed by atoms with Gasteiger partial charge in [0.1, 0.15) is 0 Å². The molecule has 0 amide bonds. The SMILES string of the molecule is [C-]#[N+]c1ccc2c3ccccc3n(-c3ccc(C#N)c(-c4cccc(-n5c6ccccc6c6ccc(-n7c8ccccc8c8ccccc87)cc65)c4)c3)c2c1. The topological polar surface area (TPSA) is 42.9 Å². The summed E-state index contributed by atoms with van der Waals surface area (Å²) in [6.07, 6.45) is 0. The Kier molecular flexibility index (Phi) is 6.61. The van der Waals surface area contributed by atoms with Crippen molar-refractivity contribution in [2.24, 2.45) is 0 Å². The van der Waals surface area contributed by atoms with E-state index in [-0.39, 0.29) is 0 Å². The number of nitrogens with zero attached hydrogens (tertiary/aromatic N) is 5. The Hall–Kier alpha value is -7.86. The van der Waals surface area contributed by atoms with Gasteiger partial charge in [-0.05, 0) is 78.4 Å².